The largest absolute Gasteiger partial charge is 0.382 e. The molecule has 0 aliphatic rings. The molecule has 1 heterocycles. The normalized spacial score (nSPS) is 14.5. The second kappa shape index (κ2) is 5.45. The number of hydrogen-bond donors (Lipinski definition) is 1. The highest BCUT2D eigenvalue weighted by atomic mass is 32.1. The van der Waals surface area contributed by atoms with Crippen LogP contribution in [0, 0.1) is 0 Å². The number of aliphatic hydroxyl groups is 1. The van der Waals surface area contributed by atoms with E-state index in [1.54, 1.807) is 18.4 Å². The number of methoxy groups -OCH3 is 1. The lowest BCUT2D eigenvalue weighted by Gasteiger charge is -2.27. The second-order valence-corrected chi connectivity index (χ2v) is 4.92. The summed E-state index contributed by atoms with van der Waals surface area (Å²) in [6, 6.07) is 11.7. The molecule has 0 bridgehead atoms. The van der Waals surface area contributed by atoms with Gasteiger partial charge in [-0.05, 0) is 28.0 Å². The van der Waals surface area contributed by atoms with E-state index in [0.717, 1.165) is 11.1 Å². The number of ether oxygens (including phenoxy) is 1. The molecular weight excluding hydrogens is 232 g/mol. The molecule has 0 saturated carbocycles. The van der Waals surface area contributed by atoms with Crippen molar-refractivity contribution in [3.63, 3.8) is 0 Å². The van der Waals surface area contributed by atoms with E-state index in [1.165, 1.54) is 0 Å². The first-order valence-electron chi connectivity index (χ1n) is 5.52. The summed E-state index contributed by atoms with van der Waals surface area (Å²) in [7, 11) is 1.61. The zero-order valence-electron chi connectivity index (χ0n) is 9.80. The van der Waals surface area contributed by atoms with Crippen LogP contribution in [0.4, 0.5) is 0 Å². The van der Waals surface area contributed by atoms with Gasteiger partial charge < -0.3 is 9.84 Å². The van der Waals surface area contributed by atoms with E-state index in [-0.39, 0.29) is 0 Å². The fourth-order valence-electron chi connectivity index (χ4n) is 1.95. The van der Waals surface area contributed by atoms with Gasteiger partial charge in [0.05, 0.1) is 6.61 Å². The summed E-state index contributed by atoms with van der Waals surface area (Å²) in [5.74, 6) is 0. The van der Waals surface area contributed by atoms with Crippen LogP contribution >= 0.6 is 11.3 Å². The van der Waals surface area contributed by atoms with Crippen molar-refractivity contribution in [3.8, 4) is 0 Å². The van der Waals surface area contributed by atoms with Crippen molar-refractivity contribution in [2.24, 2.45) is 0 Å². The van der Waals surface area contributed by atoms with Crippen LogP contribution in [-0.4, -0.2) is 18.8 Å². The van der Waals surface area contributed by atoms with Crippen molar-refractivity contribution >= 4 is 11.3 Å². The quantitative estimate of drug-likeness (QED) is 0.881. The summed E-state index contributed by atoms with van der Waals surface area (Å²) in [5.41, 5.74) is 1.09. The molecule has 90 valence electrons. The van der Waals surface area contributed by atoms with Crippen molar-refractivity contribution in [1.82, 2.24) is 0 Å². The molecule has 2 rings (SSSR count). The molecule has 1 aromatic heterocycles. The first-order chi connectivity index (χ1) is 8.24. The molecule has 0 radical (unpaired) electrons. The summed E-state index contributed by atoms with van der Waals surface area (Å²) >= 11 is 1.64. The molecule has 2 nitrogen and oxygen atoms in total. The molecule has 17 heavy (non-hydrogen) atoms. The Bertz CT molecular complexity index is 439. The minimum atomic E-state index is -0.947. The average molecular weight is 248 g/mol. The van der Waals surface area contributed by atoms with Crippen LogP contribution in [-0.2, 0) is 16.8 Å². The maximum atomic E-state index is 10.7. The molecule has 0 aliphatic heterocycles. The minimum Gasteiger partial charge on any atom is -0.382 e. The Hall–Kier alpha value is -1.16. The third-order valence-corrected chi connectivity index (χ3v) is 3.50. The SMILES string of the molecule is COCC(O)(Cc1ccsc1)c1ccccc1. The van der Waals surface area contributed by atoms with E-state index in [1.807, 2.05) is 41.8 Å². The Morgan fingerprint density at radius 1 is 1.24 bits per heavy atom. The Morgan fingerprint density at radius 3 is 2.59 bits per heavy atom. The molecule has 0 saturated heterocycles. The summed E-state index contributed by atoms with van der Waals surface area (Å²) in [5, 5.41) is 14.8. The van der Waals surface area contributed by atoms with Gasteiger partial charge in [-0.15, -0.1) is 0 Å². The lowest BCUT2D eigenvalue weighted by Crippen LogP contribution is -2.33. The van der Waals surface area contributed by atoms with Gasteiger partial charge >= 0.3 is 0 Å². The van der Waals surface area contributed by atoms with E-state index >= 15 is 0 Å². The fraction of sp³-hybridized carbons (Fsp3) is 0.286. The molecule has 1 aromatic carbocycles. The highest BCUT2D eigenvalue weighted by molar-refractivity contribution is 7.07. The average Bonchev–Trinajstić information content (AvgIpc) is 2.83. The zero-order chi connectivity index (χ0) is 12.1. The standard InChI is InChI=1S/C14H16O2S/c1-16-11-14(15,9-12-7-8-17-10-12)13-5-3-2-4-6-13/h2-8,10,15H,9,11H2,1H3. The number of thiophene rings is 1. The van der Waals surface area contributed by atoms with Gasteiger partial charge in [-0.25, -0.2) is 0 Å². The predicted octanol–water partition coefficient (Wildman–Crippen LogP) is 2.82. The Kier molecular flexibility index (Phi) is 3.94. The predicted molar refractivity (Wildman–Crippen MR) is 70.2 cm³/mol. The highest BCUT2D eigenvalue weighted by Gasteiger charge is 2.29. The van der Waals surface area contributed by atoms with Gasteiger partial charge in [-0.1, -0.05) is 30.3 Å². The van der Waals surface area contributed by atoms with E-state index in [0.29, 0.717) is 13.0 Å². The van der Waals surface area contributed by atoms with Crippen LogP contribution in [0.2, 0.25) is 0 Å². The van der Waals surface area contributed by atoms with Crippen LogP contribution in [0.3, 0.4) is 0 Å². The number of hydrogen-bond acceptors (Lipinski definition) is 3. The number of benzene rings is 1. The summed E-state index contributed by atoms with van der Waals surface area (Å²) < 4.78 is 5.16. The highest BCUT2D eigenvalue weighted by Crippen LogP contribution is 2.27. The van der Waals surface area contributed by atoms with Crippen molar-refractivity contribution in [2.75, 3.05) is 13.7 Å². The van der Waals surface area contributed by atoms with Gasteiger partial charge in [-0.3, -0.25) is 0 Å². The third kappa shape index (κ3) is 2.94. The lowest BCUT2D eigenvalue weighted by molar-refractivity contribution is -0.0354. The van der Waals surface area contributed by atoms with E-state index in [4.69, 9.17) is 4.74 Å². The van der Waals surface area contributed by atoms with E-state index in [2.05, 4.69) is 5.38 Å². The van der Waals surface area contributed by atoms with Gasteiger partial charge in [-0.2, -0.15) is 11.3 Å². The molecule has 1 unspecified atom stereocenters. The molecule has 0 amide bonds. The summed E-state index contributed by atoms with van der Waals surface area (Å²) in [6.07, 6.45) is 0.578. The molecule has 3 heteroatoms. The monoisotopic (exact) mass is 248 g/mol. The van der Waals surface area contributed by atoms with Gasteiger partial charge in [0.2, 0.25) is 0 Å². The molecule has 1 N–H and O–H groups in total. The first-order valence-corrected chi connectivity index (χ1v) is 6.47. The maximum Gasteiger partial charge on any atom is 0.117 e. The van der Waals surface area contributed by atoms with Gasteiger partial charge in [0.15, 0.2) is 0 Å². The smallest absolute Gasteiger partial charge is 0.117 e. The van der Waals surface area contributed by atoms with E-state index < -0.39 is 5.60 Å². The van der Waals surface area contributed by atoms with Crippen molar-refractivity contribution in [1.29, 1.82) is 0 Å². The maximum absolute atomic E-state index is 10.7. The Balaban J connectivity index is 2.26. The van der Waals surface area contributed by atoms with Gasteiger partial charge in [0, 0.05) is 13.5 Å². The molecule has 0 fully saturated rings. The van der Waals surface area contributed by atoms with Crippen LogP contribution < -0.4 is 0 Å². The molecular formula is C14H16O2S. The summed E-state index contributed by atoms with van der Waals surface area (Å²) in [6.45, 7) is 0.298. The van der Waals surface area contributed by atoms with Crippen LogP contribution in [0.5, 0.6) is 0 Å². The molecule has 0 aliphatic carbocycles. The number of rotatable bonds is 5. The van der Waals surface area contributed by atoms with Crippen molar-refractivity contribution in [3.05, 3.63) is 58.3 Å². The van der Waals surface area contributed by atoms with Crippen molar-refractivity contribution < 1.29 is 9.84 Å². The minimum absolute atomic E-state index is 0.298. The van der Waals surface area contributed by atoms with Gasteiger partial charge in [0.1, 0.15) is 5.60 Å². The molecule has 1 atom stereocenters. The first kappa shape index (κ1) is 12.3. The van der Waals surface area contributed by atoms with Crippen LogP contribution in [0.1, 0.15) is 11.1 Å². The van der Waals surface area contributed by atoms with Crippen LogP contribution in [0.15, 0.2) is 47.2 Å². The Morgan fingerprint density at radius 2 is 2.00 bits per heavy atom. The van der Waals surface area contributed by atoms with Gasteiger partial charge in [0.25, 0.3) is 0 Å². The van der Waals surface area contributed by atoms with Crippen molar-refractivity contribution in [2.45, 2.75) is 12.0 Å². The summed E-state index contributed by atoms with van der Waals surface area (Å²) in [4.78, 5) is 0. The second-order valence-electron chi connectivity index (χ2n) is 4.14. The molecule has 2 aromatic rings. The third-order valence-electron chi connectivity index (χ3n) is 2.77. The zero-order valence-corrected chi connectivity index (χ0v) is 10.6. The Labute approximate surface area is 105 Å². The fourth-order valence-corrected chi connectivity index (χ4v) is 2.62. The van der Waals surface area contributed by atoms with Crippen LogP contribution in [0.25, 0.3) is 0 Å². The van der Waals surface area contributed by atoms with E-state index in [9.17, 15) is 5.11 Å². The lowest BCUT2D eigenvalue weighted by atomic mass is 9.89. The molecule has 0 spiro atoms. The topological polar surface area (TPSA) is 29.5 Å².